The Balaban J connectivity index is 0.00000180. The molecule has 108 valence electrons. The van der Waals surface area contributed by atoms with Gasteiger partial charge in [0.2, 0.25) is 5.44 Å². The van der Waals surface area contributed by atoms with Crippen molar-refractivity contribution in [1.29, 1.82) is 0 Å². The Morgan fingerprint density at radius 1 is 1.47 bits per heavy atom. The molecule has 0 saturated heterocycles. The summed E-state index contributed by atoms with van der Waals surface area (Å²) in [6, 6.07) is 0. The first-order chi connectivity index (χ1) is 8.53. The van der Waals surface area contributed by atoms with Crippen LogP contribution in [0.3, 0.4) is 0 Å². The number of halogens is 1. The Labute approximate surface area is 121 Å². The highest BCUT2D eigenvalue weighted by molar-refractivity contribution is 7.62. The number of aryl methyl sites for hydroxylation is 1. The molecule has 0 saturated carbocycles. The first-order valence-electron chi connectivity index (χ1n) is 5.57. The van der Waals surface area contributed by atoms with Crippen LogP contribution >= 0.6 is 18.9 Å². The van der Waals surface area contributed by atoms with Crippen molar-refractivity contribution in [1.82, 2.24) is 9.61 Å². The molecule has 0 bridgehead atoms. The zero-order valence-electron chi connectivity index (χ0n) is 10.9. The summed E-state index contributed by atoms with van der Waals surface area (Å²) in [6.45, 7) is 5.92. The van der Waals surface area contributed by atoms with E-state index in [9.17, 15) is 4.57 Å². The highest BCUT2D eigenvalue weighted by Gasteiger charge is 2.37. The van der Waals surface area contributed by atoms with Crippen molar-refractivity contribution in [2.24, 2.45) is 0 Å². The van der Waals surface area contributed by atoms with Gasteiger partial charge < -0.3 is 21.5 Å². The van der Waals surface area contributed by atoms with Gasteiger partial charge in [-0.15, -0.1) is 4.68 Å². The molecule has 0 unspecified atom stereocenters. The number of rotatable bonds is 5. The van der Waals surface area contributed by atoms with Gasteiger partial charge in [0, 0.05) is 17.4 Å². The molecule has 0 radical (unpaired) electrons. The van der Waals surface area contributed by atoms with E-state index in [-0.39, 0.29) is 12.4 Å². The molecule has 0 spiro atoms. The molecule has 0 aliphatic rings. The molecule has 0 atom stereocenters. The Bertz CT molecular complexity index is 604. The minimum atomic E-state index is -3.33. The van der Waals surface area contributed by atoms with Crippen LogP contribution in [0.4, 0.5) is 0 Å². The molecule has 2 aromatic heterocycles. The van der Waals surface area contributed by atoms with Crippen molar-refractivity contribution in [2.75, 3.05) is 19.1 Å². The molecule has 2 heterocycles. The predicted octanol–water partition coefficient (Wildman–Crippen LogP) is -2.40. The average Bonchev–Trinajstić information content (AvgIpc) is 2.82. The summed E-state index contributed by atoms with van der Waals surface area (Å²) in [5.74, 6) is 6.44. The Kier molecular flexibility index (Phi) is 5.34. The third-order valence-corrected chi connectivity index (χ3v) is 5.52. The summed E-state index contributed by atoms with van der Waals surface area (Å²) in [5, 5.41) is 5.94. The van der Waals surface area contributed by atoms with Crippen molar-refractivity contribution >= 4 is 29.3 Å². The van der Waals surface area contributed by atoms with Gasteiger partial charge in [-0.05, 0) is 13.8 Å². The molecular weight excluding hydrogens is 311 g/mol. The van der Waals surface area contributed by atoms with E-state index in [4.69, 9.17) is 14.9 Å². The van der Waals surface area contributed by atoms with Crippen molar-refractivity contribution < 1.29 is 30.7 Å². The van der Waals surface area contributed by atoms with E-state index in [0.717, 1.165) is 0 Å². The molecule has 10 heteroatoms. The van der Waals surface area contributed by atoms with Crippen LogP contribution < -0.4 is 28.4 Å². The van der Waals surface area contributed by atoms with Gasteiger partial charge in [-0.3, -0.25) is 10.4 Å². The number of aromatic nitrogens is 3. The lowest BCUT2D eigenvalue weighted by Crippen LogP contribution is -3.00. The number of nitrogens with two attached hydrogens (primary N) is 1. The molecule has 19 heavy (non-hydrogen) atoms. The number of hydrogen-bond acceptors (Lipinski definition) is 6. The second-order valence-electron chi connectivity index (χ2n) is 3.54. The zero-order chi connectivity index (χ0) is 13.3. The van der Waals surface area contributed by atoms with E-state index in [0.29, 0.717) is 29.4 Å². The van der Waals surface area contributed by atoms with Crippen molar-refractivity contribution in [3.63, 3.8) is 0 Å². The lowest BCUT2D eigenvalue weighted by atomic mass is 10.7. The van der Waals surface area contributed by atoms with Gasteiger partial charge in [-0.25, -0.2) is 0 Å². The van der Waals surface area contributed by atoms with Crippen molar-refractivity contribution in [3.05, 3.63) is 11.2 Å². The number of nitrogen functional groups attached to an aromatic ring is 1. The minimum Gasteiger partial charge on any atom is -1.00 e. The smallest absolute Gasteiger partial charge is 0.397 e. The maximum absolute atomic E-state index is 12.7. The fraction of sp³-hybridized carbons (Fsp3) is 0.556. The van der Waals surface area contributed by atoms with Crippen LogP contribution in [0, 0.1) is 6.92 Å². The van der Waals surface area contributed by atoms with Gasteiger partial charge in [0.1, 0.15) is 0 Å². The topological polar surface area (TPSA) is 82.7 Å². The zero-order valence-corrected chi connectivity index (χ0v) is 13.3. The van der Waals surface area contributed by atoms with Crippen LogP contribution in [-0.2, 0) is 13.6 Å². The van der Waals surface area contributed by atoms with Gasteiger partial charge in [-0.2, -0.15) is 0 Å². The van der Waals surface area contributed by atoms with Gasteiger partial charge in [0.05, 0.1) is 13.2 Å². The maximum atomic E-state index is 12.7. The van der Waals surface area contributed by atoms with Crippen molar-refractivity contribution in [2.45, 2.75) is 20.8 Å². The second-order valence-corrected chi connectivity index (χ2v) is 6.34. The molecule has 0 aliphatic heterocycles. The molecule has 0 fully saturated rings. The fourth-order valence-corrected chi connectivity index (χ4v) is 4.51. The van der Waals surface area contributed by atoms with E-state index in [2.05, 4.69) is 5.10 Å². The molecule has 2 rings (SSSR count). The summed E-state index contributed by atoms with van der Waals surface area (Å²) < 4.78 is 26.2. The van der Waals surface area contributed by atoms with Gasteiger partial charge in [0.15, 0.2) is 0 Å². The van der Waals surface area contributed by atoms with Crippen LogP contribution in [0.1, 0.15) is 19.7 Å². The lowest BCUT2D eigenvalue weighted by molar-refractivity contribution is -0.617. The Hall–Kier alpha value is -0.660. The minimum absolute atomic E-state index is 0. The number of fused-ring (bicyclic) bond motifs is 1. The first kappa shape index (κ1) is 16.4. The number of nitrogens with zero attached hydrogens (tertiary/aromatic N) is 3. The molecular formula is C9H16ClN4O3PS. The van der Waals surface area contributed by atoms with Crippen LogP contribution in [0.15, 0.2) is 5.38 Å². The van der Waals surface area contributed by atoms with Gasteiger partial charge in [0.25, 0.3) is 5.82 Å². The standard InChI is InChI=1S/C9H16N4O3PS.ClH/c1-4-15-17(14,16-5-2)8-6-18-9-12(10)7(3)11-13(8)9;/h6H,4-5,10H2,1-3H3;1H/q+1;/p-1. The summed E-state index contributed by atoms with van der Waals surface area (Å²) >= 11 is 1.35. The van der Waals surface area contributed by atoms with E-state index in [1.165, 1.54) is 20.5 Å². The highest BCUT2D eigenvalue weighted by atomic mass is 35.5. The number of hydrogen-bond donors (Lipinski definition) is 1. The predicted molar refractivity (Wildman–Crippen MR) is 68.6 cm³/mol. The Morgan fingerprint density at radius 3 is 2.58 bits per heavy atom. The van der Waals surface area contributed by atoms with E-state index in [1.54, 1.807) is 26.2 Å². The van der Waals surface area contributed by atoms with Crippen molar-refractivity contribution in [3.8, 4) is 0 Å². The lowest BCUT2D eigenvalue weighted by Gasteiger charge is -2.12. The molecule has 0 amide bonds. The first-order valence-corrected chi connectivity index (χ1v) is 7.99. The van der Waals surface area contributed by atoms with Crippen LogP contribution in [-0.4, -0.2) is 22.8 Å². The summed E-state index contributed by atoms with van der Waals surface area (Å²) in [4.78, 5) is 0.683. The average molecular weight is 327 g/mol. The fourth-order valence-electron chi connectivity index (χ4n) is 1.58. The largest absolute Gasteiger partial charge is 1.00 e. The summed E-state index contributed by atoms with van der Waals surface area (Å²) in [6.07, 6.45) is 0. The van der Waals surface area contributed by atoms with E-state index >= 15 is 0 Å². The molecule has 0 aliphatic carbocycles. The third-order valence-electron chi connectivity index (χ3n) is 2.35. The number of thiazole rings is 1. The van der Waals surface area contributed by atoms with Gasteiger partial charge in [-0.1, -0.05) is 15.9 Å². The second kappa shape index (κ2) is 6.19. The molecule has 0 aromatic carbocycles. The summed E-state index contributed by atoms with van der Waals surface area (Å²) in [7, 11) is -3.33. The quantitative estimate of drug-likeness (QED) is 0.376. The van der Waals surface area contributed by atoms with Crippen LogP contribution in [0.2, 0.25) is 0 Å². The van der Waals surface area contributed by atoms with Crippen LogP contribution in [0.25, 0.3) is 4.96 Å². The SMILES string of the molecule is CCOP(=O)(OCC)c1csc2n1nc(C)[n+]2N.[Cl-]. The summed E-state index contributed by atoms with van der Waals surface area (Å²) in [5.41, 5.74) is 0.415. The molecule has 7 nitrogen and oxygen atoms in total. The van der Waals surface area contributed by atoms with Crippen LogP contribution in [0.5, 0.6) is 0 Å². The van der Waals surface area contributed by atoms with Gasteiger partial charge >= 0.3 is 12.6 Å². The monoisotopic (exact) mass is 326 g/mol. The molecule has 2 N–H and O–H groups in total. The normalized spacial score (nSPS) is 11.7. The van der Waals surface area contributed by atoms with E-state index < -0.39 is 7.60 Å². The maximum Gasteiger partial charge on any atom is 0.397 e. The molecule has 2 aromatic rings. The highest BCUT2D eigenvalue weighted by Crippen LogP contribution is 2.47. The Morgan fingerprint density at radius 2 is 2.05 bits per heavy atom. The van der Waals surface area contributed by atoms with E-state index in [1.807, 2.05) is 0 Å². The third kappa shape index (κ3) is 2.78.